The van der Waals surface area contributed by atoms with Crippen LogP contribution in [0.2, 0.25) is 0 Å². The fraction of sp³-hybridized carbons (Fsp3) is 0.263. The number of halogens is 1. The lowest BCUT2D eigenvalue weighted by Crippen LogP contribution is -2.00. The molecule has 0 saturated heterocycles. The molecule has 102 valence electrons. The smallest absolute Gasteiger partial charge is 0.123 e. The molecule has 0 spiro atoms. The molecule has 20 heavy (non-hydrogen) atoms. The second-order valence-electron chi connectivity index (χ2n) is 5.46. The van der Waals surface area contributed by atoms with Crippen LogP contribution in [-0.2, 0) is 12.8 Å². The van der Waals surface area contributed by atoms with Crippen molar-refractivity contribution >= 4 is 11.6 Å². The first-order valence-corrected chi connectivity index (χ1v) is 7.34. The van der Waals surface area contributed by atoms with Crippen molar-refractivity contribution in [2.45, 2.75) is 32.6 Å². The van der Waals surface area contributed by atoms with Gasteiger partial charge in [-0.3, -0.25) is 0 Å². The van der Waals surface area contributed by atoms with Gasteiger partial charge in [-0.1, -0.05) is 49.8 Å². The molecule has 0 aromatic heterocycles. The Morgan fingerprint density at radius 3 is 2.55 bits per heavy atom. The van der Waals surface area contributed by atoms with Crippen molar-refractivity contribution < 1.29 is 4.39 Å². The average Bonchev–Trinajstić information content (AvgIpc) is 2.48. The fourth-order valence-electron chi connectivity index (χ4n) is 2.86. The first kappa shape index (κ1) is 13.1. The van der Waals surface area contributed by atoms with Gasteiger partial charge in [0.1, 0.15) is 5.82 Å². The largest absolute Gasteiger partial charge is 0.207 e. The van der Waals surface area contributed by atoms with Gasteiger partial charge in [-0.05, 0) is 59.2 Å². The SMILES string of the molecule is CCCc1ccc(C2=Cc3ccc(F)cc3CC2)cc1. The topological polar surface area (TPSA) is 0 Å². The van der Waals surface area contributed by atoms with E-state index in [1.54, 1.807) is 12.1 Å². The molecule has 2 aromatic rings. The first-order valence-electron chi connectivity index (χ1n) is 7.34. The summed E-state index contributed by atoms with van der Waals surface area (Å²) in [5.74, 6) is -0.135. The highest BCUT2D eigenvalue weighted by Crippen LogP contribution is 2.30. The highest BCUT2D eigenvalue weighted by atomic mass is 19.1. The Labute approximate surface area is 120 Å². The predicted molar refractivity (Wildman–Crippen MR) is 83.0 cm³/mol. The number of rotatable bonds is 3. The van der Waals surface area contributed by atoms with Crippen LogP contribution in [0, 0.1) is 5.82 Å². The second-order valence-corrected chi connectivity index (χ2v) is 5.46. The molecule has 1 heteroatoms. The van der Waals surface area contributed by atoms with E-state index in [-0.39, 0.29) is 5.82 Å². The van der Waals surface area contributed by atoms with E-state index in [1.807, 2.05) is 6.07 Å². The Kier molecular flexibility index (Phi) is 3.68. The van der Waals surface area contributed by atoms with Gasteiger partial charge < -0.3 is 0 Å². The summed E-state index contributed by atoms with van der Waals surface area (Å²) in [6, 6.07) is 14.0. The van der Waals surface area contributed by atoms with Gasteiger partial charge in [0.05, 0.1) is 0 Å². The van der Waals surface area contributed by atoms with E-state index in [1.165, 1.54) is 23.1 Å². The maximum atomic E-state index is 13.2. The van der Waals surface area contributed by atoms with E-state index < -0.39 is 0 Å². The molecule has 3 rings (SSSR count). The van der Waals surface area contributed by atoms with E-state index in [0.29, 0.717) is 0 Å². The molecular formula is C19H19F. The Hall–Kier alpha value is -1.89. The minimum absolute atomic E-state index is 0.135. The number of fused-ring (bicyclic) bond motifs is 1. The summed E-state index contributed by atoms with van der Waals surface area (Å²) < 4.78 is 13.2. The molecule has 1 aliphatic carbocycles. The van der Waals surface area contributed by atoms with Crippen LogP contribution in [0.15, 0.2) is 42.5 Å². The Morgan fingerprint density at radius 2 is 1.80 bits per heavy atom. The Balaban J connectivity index is 1.89. The third-order valence-corrected chi connectivity index (χ3v) is 3.96. The fourth-order valence-corrected chi connectivity index (χ4v) is 2.86. The lowest BCUT2D eigenvalue weighted by Gasteiger charge is -2.17. The molecule has 0 saturated carbocycles. The summed E-state index contributed by atoms with van der Waals surface area (Å²) in [6.45, 7) is 2.20. The predicted octanol–water partition coefficient (Wildman–Crippen LogP) is 5.27. The summed E-state index contributed by atoms with van der Waals surface area (Å²) in [5.41, 5.74) is 6.32. The number of allylic oxidation sites excluding steroid dienone is 1. The van der Waals surface area contributed by atoms with Gasteiger partial charge in [-0.25, -0.2) is 4.39 Å². The molecule has 0 fully saturated rings. The molecule has 0 aliphatic heterocycles. The minimum Gasteiger partial charge on any atom is -0.207 e. The summed E-state index contributed by atoms with van der Waals surface area (Å²) in [7, 11) is 0. The van der Waals surface area contributed by atoms with Crippen molar-refractivity contribution in [1.82, 2.24) is 0 Å². The van der Waals surface area contributed by atoms with E-state index in [9.17, 15) is 4.39 Å². The summed E-state index contributed by atoms with van der Waals surface area (Å²) in [6.07, 6.45) is 6.44. The molecule has 0 bridgehead atoms. The Bertz CT molecular complexity index is 635. The quantitative estimate of drug-likeness (QED) is 0.710. The highest BCUT2D eigenvalue weighted by Gasteiger charge is 2.12. The van der Waals surface area contributed by atoms with Crippen LogP contribution in [0.5, 0.6) is 0 Å². The number of hydrogen-bond acceptors (Lipinski definition) is 0. The van der Waals surface area contributed by atoms with Crippen LogP contribution >= 0.6 is 0 Å². The Morgan fingerprint density at radius 1 is 1.00 bits per heavy atom. The molecule has 0 heterocycles. The van der Waals surface area contributed by atoms with Gasteiger partial charge in [-0.15, -0.1) is 0 Å². The zero-order valence-electron chi connectivity index (χ0n) is 11.8. The van der Waals surface area contributed by atoms with Crippen LogP contribution in [0.3, 0.4) is 0 Å². The standard InChI is InChI=1S/C19H19F/c1-2-3-14-4-6-15(7-5-14)16-8-9-18-13-19(20)11-10-17(18)12-16/h4-7,10-13H,2-3,8-9H2,1H3. The normalized spacial score (nSPS) is 13.8. The molecule has 0 nitrogen and oxygen atoms in total. The van der Waals surface area contributed by atoms with E-state index >= 15 is 0 Å². The van der Waals surface area contributed by atoms with Gasteiger partial charge in [-0.2, -0.15) is 0 Å². The van der Waals surface area contributed by atoms with E-state index in [2.05, 4.69) is 37.3 Å². The molecule has 0 atom stereocenters. The third kappa shape index (κ3) is 2.67. The molecule has 0 radical (unpaired) electrons. The van der Waals surface area contributed by atoms with Crippen LogP contribution in [0.25, 0.3) is 11.6 Å². The van der Waals surface area contributed by atoms with E-state index in [0.717, 1.165) is 30.4 Å². The monoisotopic (exact) mass is 266 g/mol. The molecular weight excluding hydrogens is 247 g/mol. The van der Waals surface area contributed by atoms with Crippen molar-refractivity contribution in [3.8, 4) is 0 Å². The van der Waals surface area contributed by atoms with Crippen molar-refractivity contribution in [3.63, 3.8) is 0 Å². The third-order valence-electron chi connectivity index (χ3n) is 3.96. The highest BCUT2D eigenvalue weighted by molar-refractivity contribution is 5.84. The van der Waals surface area contributed by atoms with Gasteiger partial charge in [0.2, 0.25) is 0 Å². The minimum atomic E-state index is -0.135. The molecule has 0 amide bonds. The van der Waals surface area contributed by atoms with E-state index in [4.69, 9.17) is 0 Å². The zero-order valence-corrected chi connectivity index (χ0v) is 11.8. The lowest BCUT2D eigenvalue weighted by molar-refractivity contribution is 0.625. The first-order chi connectivity index (χ1) is 9.76. The van der Waals surface area contributed by atoms with Crippen molar-refractivity contribution in [3.05, 3.63) is 70.5 Å². The summed E-state index contributed by atoms with van der Waals surface area (Å²) in [4.78, 5) is 0. The average molecular weight is 266 g/mol. The zero-order chi connectivity index (χ0) is 13.9. The number of benzene rings is 2. The molecule has 2 aromatic carbocycles. The van der Waals surface area contributed by atoms with Crippen molar-refractivity contribution in [2.75, 3.05) is 0 Å². The lowest BCUT2D eigenvalue weighted by atomic mass is 9.88. The molecule has 0 N–H and O–H groups in total. The number of aryl methyl sites for hydroxylation is 2. The summed E-state index contributed by atoms with van der Waals surface area (Å²) in [5, 5.41) is 0. The van der Waals surface area contributed by atoms with Crippen LogP contribution in [-0.4, -0.2) is 0 Å². The maximum absolute atomic E-state index is 13.2. The molecule has 0 unspecified atom stereocenters. The van der Waals surface area contributed by atoms with Gasteiger partial charge in [0, 0.05) is 0 Å². The number of hydrogen-bond donors (Lipinski definition) is 0. The van der Waals surface area contributed by atoms with Crippen LogP contribution in [0.4, 0.5) is 4.39 Å². The maximum Gasteiger partial charge on any atom is 0.123 e. The second kappa shape index (κ2) is 5.62. The van der Waals surface area contributed by atoms with Crippen molar-refractivity contribution in [1.29, 1.82) is 0 Å². The van der Waals surface area contributed by atoms with Crippen LogP contribution < -0.4 is 0 Å². The molecule has 1 aliphatic rings. The van der Waals surface area contributed by atoms with Crippen LogP contribution in [0.1, 0.15) is 42.0 Å². The van der Waals surface area contributed by atoms with Gasteiger partial charge in [0.25, 0.3) is 0 Å². The summed E-state index contributed by atoms with van der Waals surface area (Å²) >= 11 is 0. The van der Waals surface area contributed by atoms with Gasteiger partial charge in [0.15, 0.2) is 0 Å². The van der Waals surface area contributed by atoms with Crippen molar-refractivity contribution in [2.24, 2.45) is 0 Å². The van der Waals surface area contributed by atoms with Gasteiger partial charge >= 0.3 is 0 Å².